The Morgan fingerprint density at radius 1 is 1.57 bits per heavy atom. The summed E-state index contributed by atoms with van der Waals surface area (Å²) in [5, 5.41) is 0.597. The molecule has 4 heteroatoms. The summed E-state index contributed by atoms with van der Waals surface area (Å²) in [6.45, 7) is 5.82. The number of hydrogen-bond donors (Lipinski definition) is 0. The van der Waals surface area contributed by atoms with E-state index in [-0.39, 0.29) is 0 Å². The predicted octanol–water partition coefficient (Wildman–Crippen LogP) is 5.44. The SMILES string of the molecule is C=C(Cl)/C(=C\Br)CCC(Br)C(C)CCl. The molecule has 0 fully saturated rings. The van der Waals surface area contributed by atoms with Gasteiger partial charge in [0.1, 0.15) is 0 Å². The van der Waals surface area contributed by atoms with Crippen molar-refractivity contribution in [3.05, 3.63) is 22.2 Å². The zero-order valence-corrected chi connectivity index (χ0v) is 12.8. The maximum atomic E-state index is 5.81. The highest BCUT2D eigenvalue weighted by molar-refractivity contribution is 9.11. The molecule has 0 aromatic carbocycles. The van der Waals surface area contributed by atoms with Crippen LogP contribution in [-0.4, -0.2) is 10.7 Å². The lowest BCUT2D eigenvalue weighted by atomic mass is 10.0. The first-order chi connectivity index (χ1) is 6.52. The first kappa shape index (κ1) is 15.0. The van der Waals surface area contributed by atoms with Gasteiger partial charge in [-0.2, -0.15) is 0 Å². The number of allylic oxidation sites excluding steroid dienone is 2. The largest absolute Gasteiger partial charge is 0.126 e. The Balaban J connectivity index is 3.98. The standard InChI is InChI=1S/C10H14Br2Cl2/c1-7(6-13)10(12)4-3-9(5-11)8(2)14/h5,7,10H,2-4,6H2,1H3/b9-5-. The highest BCUT2D eigenvalue weighted by Gasteiger charge is 2.13. The summed E-state index contributed by atoms with van der Waals surface area (Å²) in [7, 11) is 0. The molecule has 0 rings (SSSR count). The maximum Gasteiger partial charge on any atom is 0.0371 e. The molecule has 0 aliphatic heterocycles. The van der Waals surface area contributed by atoms with Crippen LogP contribution >= 0.6 is 55.1 Å². The second kappa shape index (κ2) is 8.20. The topological polar surface area (TPSA) is 0 Å². The van der Waals surface area contributed by atoms with Gasteiger partial charge in [0, 0.05) is 15.7 Å². The molecular weight excluding hydrogens is 351 g/mol. The smallest absolute Gasteiger partial charge is 0.0371 e. The van der Waals surface area contributed by atoms with E-state index in [9.17, 15) is 0 Å². The molecule has 2 atom stereocenters. The average molecular weight is 365 g/mol. The minimum absolute atomic E-state index is 0.429. The van der Waals surface area contributed by atoms with Crippen molar-refractivity contribution in [3.8, 4) is 0 Å². The molecule has 0 aromatic rings. The summed E-state index contributed by atoms with van der Waals surface area (Å²) in [4.78, 5) is 2.26. The van der Waals surface area contributed by atoms with Crippen LogP contribution in [0, 0.1) is 5.92 Å². The van der Waals surface area contributed by atoms with Gasteiger partial charge in [0.25, 0.3) is 0 Å². The van der Waals surface area contributed by atoms with Crippen LogP contribution in [0.2, 0.25) is 0 Å². The average Bonchev–Trinajstić information content (AvgIpc) is 2.16. The number of halogens is 4. The molecule has 2 unspecified atom stereocenters. The number of rotatable bonds is 6. The van der Waals surface area contributed by atoms with Gasteiger partial charge in [0.15, 0.2) is 0 Å². The van der Waals surface area contributed by atoms with Gasteiger partial charge in [0.2, 0.25) is 0 Å². The van der Waals surface area contributed by atoms with E-state index in [1.807, 2.05) is 4.99 Å². The molecule has 0 spiro atoms. The molecule has 0 nitrogen and oxygen atoms in total. The fraction of sp³-hybridized carbons (Fsp3) is 0.600. The van der Waals surface area contributed by atoms with E-state index in [1.54, 1.807) is 0 Å². The van der Waals surface area contributed by atoms with Crippen molar-refractivity contribution in [2.75, 3.05) is 5.88 Å². The molecular formula is C10H14Br2Cl2. The van der Waals surface area contributed by atoms with Gasteiger partial charge in [0.05, 0.1) is 0 Å². The van der Waals surface area contributed by atoms with Gasteiger partial charge < -0.3 is 0 Å². The van der Waals surface area contributed by atoms with Crippen LogP contribution in [-0.2, 0) is 0 Å². The predicted molar refractivity (Wildman–Crippen MR) is 73.8 cm³/mol. The number of alkyl halides is 2. The minimum Gasteiger partial charge on any atom is -0.126 e. The fourth-order valence-electron chi connectivity index (χ4n) is 0.924. The van der Waals surface area contributed by atoms with Gasteiger partial charge in [-0.3, -0.25) is 0 Å². The molecule has 0 saturated heterocycles. The lowest BCUT2D eigenvalue weighted by Crippen LogP contribution is -2.12. The highest BCUT2D eigenvalue weighted by atomic mass is 79.9. The molecule has 0 aliphatic carbocycles. The van der Waals surface area contributed by atoms with Gasteiger partial charge in [-0.1, -0.05) is 57.0 Å². The third kappa shape index (κ3) is 5.79. The van der Waals surface area contributed by atoms with Gasteiger partial charge in [-0.15, -0.1) is 11.6 Å². The van der Waals surface area contributed by atoms with Crippen molar-refractivity contribution in [2.45, 2.75) is 24.6 Å². The molecule has 14 heavy (non-hydrogen) atoms. The van der Waals surface area contributed by atoms with Crippen LogP contribution in [0.4, 0.5) is 0 Å². The second-order valence-electron chi connectivity index (χ2n) is 3.23. The van der Waals surface area contributed by atoms with E-state index in [2.05, 4.69) is 45.4 Å². The van der Waals surface area contributed by atoms with Gasteiger partial charge in [-0.25, -0.2) is 0 Å². The van der Waals surface area contributed by atoms with Crippen molar-refractivity contribution in [2.24, 2.45) is 5.92 Å². The molecule has 0 aromatic heterocycles. The van der Waals surface area contributed by atoms with Crippen molar-refractivity contribution in [1.82, 2.24) is 0 Å². The lowest BCUT2D eigenvalue weighted by Gasteiger charge is -2.15. The van der Waals surface area contributed by atoms with Crippen LogP contribution in [0.25, 0.3) is 0 Å². The Bertz CT molecular complexity index is 214. The van der Waals surface area contributed by atoms with Gasteiger partial charge in [-0.05, 0) is 29.3 Å². The van der Waals surface area contributed by atoms with Crippen molar-refractivity contribution in [1.29, 1.82) is 0 Å². The monoisotopic (exact) mass is 362 g/mol. The first-order valence-electron chi connectivity index (χ1n) is 4.37. The van der Waals surface area contributed by atoms with Crippen molar-refractivity contribution < 1.29 is 0 Å². The van der Waals surface area contributed by atoms with Crippen LogP contribution in [0.1, 0.15) is 19.8 Å². The zero-order valence-electron chi connectivity index (χ0n) is 8.07. The number of hydrogen-bond acceptors (Lipinski definition) is 0. The molecule has 0 aliphatic rings. The van der Waals surface area contributed by atoms with Crippen LogP contribution in [0.3, 0.4) is 0 Å². The molecule has 82 valence electrons. The summed E-state index contributed by atoms with van der Waals surface area (Å²) in [5.74, 6) is 1.14. The molecule has 0 bridgehead atoms. The fourth-order valence-corrected chi connectivity index (χ4v) is 2.56. The highest BCUT2D eigenvalue weighted by Crippen LogP contribution is 2.25. The zero-order chi connectivity index (χ0) is 11.1. The van der Waals surface area contributed by atoms with E-state index in [1.165, 1.54) is 0 Å². The third-order valence-electron chi connectivity index (χ3n) is 2.03. The Morgan fingerprint density at radius 3 is 2.50 bits per heavy atom. The minimum atomic E-state index is 0.429. The van der Waals surface area contributed by atoms with E-state index in [0.29, 0.717) is 21.7 Å². The normalized spacial score (nSPS) is 16.5. The second-order valence-corrected chi connectivity index (χ2v) is 5.62. The lowest BCUT2D eigenvalue weighted by molar-refractivity contribution is 0.588. The Hall–Kier alpha value is 1.02. The Kier molecular flexibility index (Phi) is 8.80. The first-order valence-corrected chi connectivity index (χ1v) is 7.11. The Labute approximate surface area is 113 Å². The summed E-state index contributed by atoms with van der Waals surface area (Å²) in [6, 6.07) is 0. The summed E-state index contributed by atoms with van der Waals surface area (Å²) in [5.41, 5.74) is 1.04. The van der Waals surface area contributed by atoms with Crippen LogP contribution in [0.5, 0.6) is 0 Å². The molecule has 0 radical (unpaired) electrons. The molecule has 0 N–H and O–H groups in total. The summed E-state index contributed by atoms with van der Waals surface area (Å²) >= 11 is 18.5. The summed E-state index contributed by atoms with van der Waals surface area (Å²) < 4.78 is 0. The van der Waals surface area contributed by atoms with Gasteiger partial charge >= 0.3 is 0 Å². The van der Waals surface area contributed by atoms with E-state index in [4.69, 9.17) is 23.2 Å². The molecule has 0 saturated carbocycles. The van der Waals surface area contributed by atoms with Crippen molar-refractivity contribution in [3.63, 3.8) is 0 Å². The molecule has 0 heterocycles. The molecule has 0 amide bonds. The third-order valence-corrected chi connectivity index (χ3v) is 4.67. The summed E-state index contributed by atoms with van der Waals surface area (Å²) in [6.07, 6.45) is 1.92. The van der Waals surface area contributed by atoms with E-state index < -0.39 is 0 Å². The quantitative estimate of drug-likeness (QED) is 0.435. The maximum absolute atomic E-state index is 5.81. The van der Waals surface area contributed by atoms with E-state index >= 15 is 0 Å². The van der Waals surface area contributed by atoms with Crippen molar-refractivity contribution >= 4 is 55.1 Å². The van der Waals surface area contributed by atoms with E-state index in [0.717, 1.165) is 18.4 Å². The van der Waals surface area contributed by atoms with Crippen LogP contribution in [0.15, 0.2) is 22.2 Å². The Morgan fingerprint density at radius 2 is 2.14 bits per heavy atom. The van der Waals surface area contributed by atoms with Crippen LogP contribution < -0.4 is 0 Å².